The molecule has 0 bridgehead atoms. The minimum atomic E-state index is 0.219. The second-order valence-corrected chi connectivity index (χ2v) is 4.45. The lowest BCUT2D eigenvalue weighted by Gasteiger charge is -2.14. The average molecular weight is 245 g/mol. The third-order valence-corrected chi connectivity index (χ3v) is 2.98. The molecule has 3 heteroatoms. The van der Waals surface area contributed by atoms with E-state index in [1.807, 2.05) is 12.1 Å². The standard InChI is InChI=1S/C15H19NO2/c1-12(14-7-9-18-11-14)16-15-6-2-4-13(10-15)5-3-8-17/h2,4,6-7,9-12,16-17H,3,5,8H2,1H3. The van der Waals surface area contributed by atoms with Crippen molar-refractivity contribution in [2.45, 2.75) is 25.8 Å². The highest BCUT2D eigenvalue weighted by Crippen LogP contribution is 2.20. The number of aliphatic hydroxyl groups is 1. The van der Waals surface area contributed by atoms with Gasteiger partial charge in [-0.2, -0.15) is 0 Å². The predicted molar refractivity (Wildman–Crippen MR) is 72.6 cm³/mol. The van der Waals surface area contributed by atoms with Gasteiger partial charge in [0.25, 0.3) is 0 Å². The number of anilines is 1. The molecule has 0 aliphatic carbocycles. The summed E-state index contributed by atoms with van der Waals surface area (Å²) in [6.07, 6.45) is 5.16. The topological polar surface area (TPSA) is 45.4 Å². The third kappa shape index (κ3) is 3.37. The molecule has 1 aromatic heterocycles. The van der Waals surface area contributed by atoms with Gasteiger partial charge in [0.2, 0.25) is 0 Å². The van der Waals surface area contributed by atoms with Gasteiger partial charge in [-0.25, -0.2) is 0 Å². The van der Waals surface area contributed by atoms with E-state index in [2.05, 4.69) is 30.4 Å². The molecule has 0 aliphatic heterocycles. The summed E-state index contributed by atoms with van der Waals surface area (Å²) >= 11 is 0. The molecule has 0 fully saturated rings. The smallest absolute Gasteiger partial charge is 0.0955 e. The lowest BCUT2D eigenvalue weighted by atomic mass is 10.1. The van der Waals surface area contributed by atoms with Crippen molar-refractivity contribution in [2.24, 2.45) is 0 Å². The van der Waals surface area contributed by atoms with Crippen LogP contribution in [0.25, 0.3) is 0 Å². The Morgan fingerprint density at radius 2 is 2.22 bits per heavy atom. The molecule has 0 amide bonds. The predicted octanol–water partition coefficient (Wildman–Crippen LogP) is 3.38. The first-order chi connectivity index (χ1) is 8.79. The third-order valence-electron chi connectivity index (χ3n) is 2.98. The maximum atomic E-state index is 8.84. The number of aryl methyl sites for hydroxylation is 1. The van der Waals surface area contributed by atoms with E-state index in [9.17, 15) is 0 Å². The zero-order chi connectivity index (χ0) is 12.8. The van der Waals surface area contributed by atoms with Crippen LogP contribution in [-0.2, 0) is 6.42 Å². The molecule has 96 valence electrons. The molecule has 0 saturated carbocycles. The van der Waals surface area contributed by atoms with Crippen LogP contribution in [0.4, 0.5) is 5.69 Å². The van der Waals surface area contributed by atoms with E-state index in [1.165, 1.54) is 5.56 Å². The second kappa shape index (κ2) is 6.26. The van der Waals surface area contributed by atoms with Gasteiger partial charge in [0.1, 0.15) is 0 Å². The fraction of sp³-hybridized carbons (Fsp3) is 0.333. The van der Waals surface area contributed by atoms with Crippen LogP contribution >= 0.6 is 0 Å². The Morgan fingerprint density at radius 1 is 1.33 bits per heavy atom. The zero-order valence-electron chi connectivity index (χ0n) is 10.6. The molecule has 1 atom stereocenters. The van der Waals surface area contributed by atoms with E-state index in [0.717, 1.165) is 24.1 Å². The largest absolute Gasteiger partial charge is 0.472 e. The first kappa shape index (κ1) is 12.7. The lowest BCUT2D eigenvalue weighted by molar-refractivity contribution is 0.288. The molecule has 2 rings (SSSR count). The summed E-state index contributed by atoms with van der Waals surface area (Å²) in [5.74, 6) is 0. The van der Waals surface area contributed by atoms with E-state index in [1.54, 1.807) is 12.5 Å². The summed E-state index contributed by atoms with van der Waals surface area (Å²) in [6, 6.07) is 10.5. The Bertz CT molecular complexity index is 465. The molecule has 0 saturated heterocycles. The van der Waals surface area contributed by atoms with Crippen molar-refractivity contribution in [1.29, 1.82) is 0 Å². The number of aliphatic hydroxyl groups excluding tert-OH is 1. The summed E-state index contributed by atoms with van der Waals surface area (Å²) < 4.78 is 5.08. The number of rotatable bonds is 6. The van der Waals surface area contributed by atoms with Crippen molar-refractivity contribution < 1.29 is 9.52 Å². The summed E-state index contributed by atoms with van der Waals surface area (Å²) in [7, 11) is 0. The summed E-state index contributed by atoms with van der Waals surface area (Å²) in [6.45, 7) is 2.34. The normalized spacial score (nSPS) is 12.3. The summed E-state index contributed by atoms with van der Waals surface area (Å²) in [5.41, 5.74) is 3.48. The molecule has 0 radical (unpaired) electrons. The van der Waals surface area contributed by atoms with E-state index in [-0.39, 0.29) is 12.6 Å². The molecule has 0 aliphatic rings. The molecule has 0 spiro atoms. The van der Waals surface area contributed by atoms with E-state index in [0.29, 0.717) is 0 Å². The van der Waals surface area contributed by atoms with Crippen molar-refractivity contribution >= 4 is 5.69 Å². The van der Waals surface area contributed by atoms with Crippen molar-refractivity contribution in [3.05, 3.63) is 54.0 Å². The monoisotopic (exact) mass is 245 g/mol. The quantitative estimate of drug-likeness (QED) is 0.820. The van der Waals surface area contributed by atoms with Gasteiger partial charge in [-0.1, -0.05) is 12.1 Å². The molecule has 1 aromatic carbocycles. The first-order valence-corrected chi connectivity index (χ1v) is 6.28. The molecule has 18 heavy (non-hydrogen) atoms. The Hall–Kier alpha value is -1.74. The van der Waals surface area contributed by atoms with Crippen molar-refractivity contribution in [3.8, 4) is 0 Å². The SMILES string of the molecule is CC(Nc1cccc(CCCO)c1)c1ccoc1. The van der Waals surface area contributed by atoms with Crippen LogP contribution in [0.3, 0.4) is 0 Å². The van der Waals surface area contributed by atoms with Gasteiger partial charge in [-0.05, 0) is 43.5 Å². The average Bonchev–Trinajstić information content (AvgIpc) is 2.91. The molecular weight excluding hydrogens is 226 g/mol. The van der Waals surface area contributed by atoms with E-state index < -0.39 is 0 Å². The Labute approximate surface area is 107 Å². The number of hydrogen-bond acceptors (Lipinski definition) is 3. The molecule has 1 heterocycles. The summed E-state index contributed by atoms with van der Waals surface area (Å²) in [5, 5.41) is 12.3. The van der Waals surface area contributed by atoms with Gasteiger partial charge in [0, 0.05) is 17.9 Å². The van der Waals surface area contributed by atoms with Gasteiger partial charge >= 0.3 is 0 Å². The van der Waals surface area contributed by atoms with Crippen molar-refractivity contribution in [2.75, 3.05) is 11.9 Å². The maximum absolute atomic E-state index is 8.84. The van der Waals surface area contributed by atoms with Gasteiger partial charge in [0.05, 0.1) is 18.6 Å². The minimum Gasteiger partial charge on any atom is -0.472 e. The van der Waals surface area contributed by atoms with Crippen molar-refractivity contribution in [3.63, 3.8) is 0 Å². The van der Waals surface area contributed by atoms with E-state index in [4.69, 9.17) is 9.52 Å². The number of nitrogens with one attached hydrogen (secondary N) is 1. The van der Waals surface area contributed by atoms with Crippen LogP contribution in [0.1, 0.15) is 30.5 Å². The molecule has 3 nitrogen and oxygen atoms in total. The first-order valence-electron chi connectivity index (χ1n) is 6.28. The molecule has 2 N–H and O–H groups in total. The number of benzene rings is 1. The van der Waals surface area contributed by atoms with Gasteiger partial charge in [-0.15, -0.1) is 0 Å². The number of hydrogen-bond donors (Lipinski definition) is 2. The number of furan rings is 1. The van der Waals surface area contributed by atoms with Crippen LogP contribution < -0.4 is 5.32 Å². The molecule has 2 aromatic rings. The van der Waals surface area contributed by atoms with Crippen LogP contribution in [0.2, 0.25) is 0 Å². The van der Waals surface area contributed by atoms with Gasteiger partial charge in [0.15, 0.2) is 0 Å². The summed E-state index contributed by atoms with van der Waals surface area (Å²) in [4.78, 5) is 0. The van der Waals surface area contributed by atoms with Crippen LogP contribution in [-0.4, -0.2) is 11.7 Å². The highest BCUT2D eigenvalue weighted by atomic mass is 16.3. The van der Waals surface area contributed by atoms with E-state index >= 15 is 0 Å². The van der Waals surface area contributed by atoms with Crippen LogP contribution in [0.15, 0.2) is 47.3 Å². The maximum Gasteiger partial charge on any atom is 0.0955 e. The highest BCUT2D eigenvalue weighted by molar-refractivity contribution is 5.47. The molecular formula is C15H19NO2. The second-order valence-electron chi connectivity index (χ2n) is 4.45. The van der Waals surface area contributed by atoms with Crippen molar-refractivity contribution in [1.82, 2.24) is 0 Å². The highest BCUT2D eigenvalue weighted by Gasteiger charge is 2.06. The van der Waals surface area contributed by atoms with Crippen LogP contribution in [0.5, 0.6) is 0 Å². The Balaban J connectivity index is 2.00. The lowest BCUT2D eigenvalue weighted by Crippen LogP contribution is -2.05. The van der Waals surface area contributed by atoms with Gasteiger partial charge < -0.3 is 14.8 Å². The Morgan fingerprint density at radius 3 is 2.94 bits per heavy atom. The Kier molecular flexibility index (Phi) is 4.42. The fourth-order valence-corrected chi connectivity index (χ4v) is 1.95. The fourth-order valence-electron chi connectivity index (χ4n) is 1.95. The molecule has 1 unspecified atom stereocenters. The zero-order valence-corrected chi connectivity index (χ0v) is 10.6. The minimum absolute atomic E-state index is 0.219. The van der Waals surface area contributed by atoms with Crippen LogP contribution in [0, 0.1) is 0 Å². The van der Waals surface area contributed by atoms with Gasteiger partial charge in [-0.3, -0.25) is 0 Å².